The molecule has 0 aliphatic rings. The summed E-state index contributed by atoms with van der Waals surface area (Å²) in [6.45, 7) is 4.20. The lowest BCUT2D eigenvalue weighted by molar-refractivity contribution is 0.143. The highest BCUT2D eigenvalue weighted by molar-refractivity contribution is 4.47. The third-order valence-electron chi connectivity index (χ3n) is 2.65. The highest BCUT2D eigenvalue weighted by atomic mass is 16.5. The zero-order valence-electron chi connectivity index (χ0n) is 10.3. The lowest BCUT2D eigenvalue weighted by Crippen LogP contribution is -1.92. The van der Waals surface area contributed by atoms with E-state index in [1.807, 2.05) is 6.92 Å². The molecular weight excluding hydrogens is 188 g/mol. The number of ether oxygens (including phenoxy) is 1. The Morgan fingerprint density at radius 1 is 0.733 bits per heavy atom. The highest BCUT2D eigenvalue weighted by Crippen LogP contribution is 2.09. The largest absolute Gasteiger partial charge is 0.396 e. The molecule has 0 fully saturated rings. The zero-order chi connectivity index (χ0) is 11.2. The van der Waals surface area contributed by atoms with Crippen molar-refractivity contribution in [2.75, 3.05) is 19.8 Å². The summed E-state index contributed by atoms with van der Waals surface area (Å²) in [5.74, 6) is 0. The second-order valence-electron chi connectivity index (χ2n) is 4.10. The average Bonchev–Trinajstić information content (AvgIpc) is 2.26. The van der Waals surface area contributed by atoms with Gasteiger partial charge in [-0.3, -0.25) is 0 Å². The summed E-state index contributed by atoms with van der Waals surface area (Å²) in [6, 6.07) is 0. The molecule has 0 atom stereocenters. The maximum atomic E-state index is 8.60. The monoisotopic (exact) mass is 216 g/mol. The highest BCUT2D eigenvalue weighted by Gasteiger charge is 1.92. The maximum Gasteiger partial charge on any atom is 0.0465 e. The Morgan fingerprint density at radius 2 is 1.20 bits per heavy atom. The van der Waals surface area contributed by atoms with Crippen LogP contribution in [0, 0.1) is 0 Å². The van der Waals surface area contributed by atoms with Crippen molar-refractivity contribution in [2.45, 2.75) is 64.7 Å². The van der Waals surface area contributed by atoms with Crippen molar-refractivity contribution in [2.24, 2.45) is 0 Å². The van der Waals surface area contributed by atoms with Crippen molar-refractivity contribution >= 4 is 0 Å². The van der Waals surface area contributed by atoms with Gasteiger partial charge in [0.1, 0.15) is 0 Å². The van der Waals surface area contributed by atoms with E-state index in [0.29, 0.717) is 6.61 Å². The van der Waals surface area contributed by atoms with E-state index in [1.165, 1.54) is 51.4 Å². The predicted octanol–water partition coefficient (Wildman–Crippen LogP) is 3.53. The van der Waals surface area contributed by atoms with Gasteiger partial charge < -0.3 is 9.84 Å². The van der Waals surface area contributed by atoms with Crippen molar-refractivity contribution in [3.8, 4) is 0 Å². The molecule has 92 valence electrons. The molecule has 0 saturated carbocycles. The third kappa shape index (κ3) is 13.9. The molecule has 15 heavy (non-hydrogen) atoms. The minimum absolute atomic E-state index is 0.359. The number of aliphatic hydroxyl groups excluding tert-OH is 1. The molecule has 1 N–H and O–H groups in total. The fourth-order valence-electron chi connectivity index (χ4n) is 1.70. The summed E-state index contributed by atoms with van der Waals surface area (Å²) < 4.78 is 5.28. The second kappa shape index (κ2) is 13.9. The molecule has 0 aromatic carbocycles. The van der Waals surface area contributed by atoms with E-state index in [0.717, 1.165) is 19.6 Å². The van der Waals surface area contributed by atoms with Crippen LogP contribution in [-0.4, -0.2) is 24.9 Å². The van der Waals surface area contributed by atoms with E-state index in [1.54, 1.807) is 0 Å². The maximum absolute atomic E-state index is 8.60. The Balaban J connectivity index is 2.81. The molecular formula is C13H28O2. The number of unbranched alkanes of at least 4 members (excludes halogenated alkanes) is 8. The topological polar surface area (TPSA) is 29.5 Å². The van der Waals surface area contributed by atoms with Crippen LogP contribution in [0.3, 0.4) is 0 Å². The summed E-state index contributed by atoms with van der Waals surface area (Å²) in [5, 5.41) is 8.60. The zero-order valence-corrected chi connectivity index (χ0v) is 10.3. The van der Waals surface area contributed by atoms with Crippen LogP contribution in [0.15, 0.2) is 0 Å². The number of hydrogen-bond acceptors (Lipinski definition) is 2. The quantitative estimate of drug-likeness (QED) is 0.506. The van der Waals surface area contributed by atoms with Gasteiger partial charge >= 0.3 is 0 Å². The van der Waals surface area contributed by atoms with Crippen molar-refractivity contribution in [1.29, 1.82) is 0 Å². The van der Waals surface area contributed by atoms with Crippen LogP contribution in [0.5, 0.6) is 0 Å². The van der Waals surface area contributed by atoms with E-state index in [2.05, 4.69) is 0 Å². The summed E-state index contributed by atoms with van der Waals surface area (Å²) in [5.41, 5.74) is 0. The van der Waals surface area contributed by atoms with Crippen LogP contribution >= 0.6 is 0 Å². The minimum Gasteiger partial charge on any atom is -0.396 e. The van der Waals surface area contributed by atoms with Crippen molar-refractivity contribution in [3.05, 3.63) is 0 Å². The van der Waals surface area contributed by atoms with Crippen LogP contribution in [0.25, 0.3) is 0 Å². The third-order valence-corrected chi connectivity index (χ3v) is 2.65. The van der Waals surface area contributed by atoms with Crippen LogP contribution < -0.4 is 0 Å². The van der Waals surface area contributed by atoms with Gasteiger partial charge in [-0.15, -0.1) is 0 Å². The Bertz CT molecular complexity index is 92.7. The molecule has 0 unspecified atom stereocenters. The molecule has 0 spiro atoms. The molecule has 0 saturated heterocycles. The molecule has 0 radical (unpaired) electrons. The van der Waals surface area contributed by atoms with Crippen molar-refractivity contribution in [1.82, 2.24) is 0 Å². The van der Waals surface area contributed by atoms with E-state index in [4.69, 9.17) is 9.84 Å². The minimum atomic E-state index is 0.359. The fourth-order valence-corrected chi connectivity index (χ4v) is 1.70. The lowest BCUT2D eigenvalue weighted by atomic mass is 10.1. The fraction of sp³-hybridized carbons (Fsp3) is 1.00. The van der Waals surface area contributed by atoms with Crippen LogP contribution in [0.1, 0.15) is 64.7 Å². The normalized spacial score (nSPS) is 10.8. The van der Waals surface area contributed by atoms with Gasteiger partial charge in [0.25, 0.3) is 0 Å². The van der Waals surface area contributed by atoms with Gasteiger partial charge in [0, 0.05) is 19.8 Å². The summed E-state index contributed by atoms with van der Waals surface area (Å²) >= 11 is 0. The van der Waals surface area contributed by atoms with E-state index >= 15 is 0 Å². The molecule has 0 aromatic heterocycles. The standard InChI is InChI=1S/C13H28O2/c1-2-15-13-11-9-7-5-3-4-6-8-10-12-14/h14H,2-13H2,1H3. The van der Waals surface area contributed by atoms with Crippen molar-refractivity contribution in [3.63, 3.8) is 0 Å². The molecule has 2 heteroatoms. The van der Waals surface area contributed by atoms with Gasteiger partial charge in [-0.2, -0.15) is 0 Å². The molecule has 0 aliphatic heterocycles. The Morgan fingerprint density at radius 3 is 1.67 bits per heavy atom. The van der Waals surface area contributed by atoms with E-state index in [9.17, 15) is 0 Å². The smallest absolute Gasteiger partial charge is 0.0465 e. The van der Waals surface area contributed by atoms with E-state index in [-0.39, 0.29) is 0 Å². The van der Waals surface area contributed by atoms with Gasteiger partial charge in [0.05, 0.1) is 0 Å². The first kappa shape index (κ1) is 14.9. The Hall–Kier alpha value is -0.0800. The van der Waals surface area contributed by atoms with Gasteiger partial charge in [0.2, 0.25) is 0 Å². The second-order valence-corrected chi connectivity index (χ2v) is 4.10. The number of hydrogen-bond donors (Lipinski definition) is 1. The summed E-state index contributed by atoms with van der Waals surface area (Å²) in [7, 11) is 0. The predicted molar refractivity (Wildman–Crippen MR) is 65.1 cm³/mol. The number of aliphatic hydroxyl groups is 1. The first-order chi connectivity index (χ1) is 7.41. The Kier molecular flexibility index (Phi) is 13.8. The van der Waals surface area contributed by atoms with Gasteiger partial charge in [-0.05, 0) is 19.8 Å². The number of rotatable bonds is 12. The lowest BCUT2D eigenvalue weighted by Gasteiger charge is -2.02. The van der Waals surface area contributed by atoms with Crippen molar-refractivity contribution < 1.29 is 9.84 Å². The van der Waals surface area contributed by atoms with Crippen LogP contribution in [-0.2, 0) is 4.74 Å². The van der Waals surface area contributed by atoms with Gasteiger partial charge in [-0.1, -0.05) is 44.9 Å². The molecule has 0 heterocycles. The van der Waals surface area contributed by atoms with Gasteiger partial charge in [-0.25, -0.2) is 0 Å². The summed E-state index contributed by atoms with van der Waals surface area (Å²) in [6.07, 6.45) is 11.4. The molecule has 0 aliphatic carbocycles. The molecule has 2 nitrogen and oxygen atoms in total. The average molecular weight is 216 g/mol. The Labute approximate surface area is 95.0 Å². The first-order valence-corrected chi connectivity index (χ1v) is 6.60. The van der Waals surface area contributed by atoms with Crippen LogP contribution in [0.2, 0.25) is 0 Å². The molecule has 0 rings (SSSR count). The molecule has 0 amide bonds. The summed E-state index contributed by atoms with van der Waals surface area (Å²) in [4.78, 5) is 0. The first-order valence-electron chi connectivity index (χ1n) is 6.60. The SMILES string of the molecule is CCOCCCCCCCCCCCO. The van der Waals surface area contributed by atoms with Crippen LogP contribution in [0.4, 0.5) is 0 Å². The van der Waals surface area contributed by atoms with Gasteiger partial charge in [0.15, 0.2) is 0 Å². The van der Waals surface area contributed by atoms with E-state index < -0.39 is 0 Å². The molecule has 0 aromatic rings. The molecule has 0 bridgehead atoms.